The summed E-state index contributed by atoms with van der Waals surface area (Å²) in [7, 11) is -3.76. The number of rotatable bonds is 5. The Balaban J connectivity index is 1.58. The first-order valence-electron chi connectivity index (χ1n) is 11.4. The van der Waals surface area contributed by atoms with Gasteiger partial charge in [-0.25, -0.2) is 13.2 Å². The van der Waals surface area contributed by atoms with Crippen LogP contribution in [0.4, 0.5) is 11.4 Å². The van der Waals surface area contributed by atoms with Crippen LogP contribution in [0.1, 0.15) is 39.2 Å². The zero-order valence-electron chi connectivity index (χ0n) is 20.0. The molecule has 1 fully saturated rings. The largest absolute Gasteiger partial charge is 0.458 e. The molecule has 0 radical (unpaired) electrons. The number of hydrogen-bond acceptors (Lipinski definition) is 6. The Labute approximate surface area is 210 Å². The Hall–Kier alpha value is -2.10. The predicted molar refractivity (Wildman–Crippen MR) is 136 cm³/mol. The lowest BCUT2D eigenvalue weighted by Gasteiger charge is -2.48. The molecule has 0 spiro atoms. The van der Waals surface area contributed by atoms with E-state index in [1.807, 2.05) is 52.0 Å². The molecule has 0 N–H and O–H groups in total. The van der Waals surface area contributed by atoms with Crippen LogP contribution in [0.15, 0.2) is 51.8 Å². The van der Waals surface area contributed by atoms with Gasteiger partial charge in [0, 0.05) is 11.0 Å². The highest BCUT2D eigenvalue weighted by Gasteiger charge is 2.40. The molecule has 184 valence electrons. The number of benzene rings is 2. The van der Waals surface area contributed by atoms with Crippen molar-refractivity contribution in [3.8, 4) is 0 Å². The molecule has 0 saturated carbocycles. The molecule has 2 atom stereocenters. The van der Waals surface area contributed by atoms with Crippen LogP contribution in [0, 0.1) is 6.92 Å². The molecule has 34 heavy (non-hydrogen) atoms. The number of fused-ring (bicyclic) bond motifs is 3. The van der Waals surface area contributed by atoms with E-state index in [9.17, 15) is 13.2 Å². The van der Waals surface area contributed by atoms with Gasteiger partial charge in [-0.1, -0.05) is 28.1 Å². The summed E-state index contributed by atoms with van der Waals surface area (Å²) in [5, 5.41) is 0. The lowest BCUT2D eigenvalue weighted by molar-refractivity contribution is -0.162. The second-order valence-electron chi connectivity index (χ2n) is 9.88. The van der Waals surface area contributed by atoms with Crippen LogP contribution in [0.5, 0.6) is 0 Å². The van der Waals surface area contributed by atoms with Crippen LogP contribution >= 0.6 is 15.9 Å². The molecule has 0 aromatic heterocycles. The molecular formula is C25H31BrN2O5S. The van der Waals surface area contributed by atoms with Crippen molar-refractivity contribution in [1.82, 2.24) is 0 Å². The van der Waals surface area contributed by atoms with E-state index in [0.717, 1.165) is 28.7 Å². The van der Waals surface area contributed by atoms with E-state index in [2.05, 4.69) is 20.8 Å². The minimum absolute atomic E-state index is 0.0642. The number of aryl methyl sites for hydroxylation is 1. The van der Waals surface area contributed by atoms with Crippen LogP contribution in [0.2, 0.25) is 0 Å². The number of halogens is 1. The van der Waals surface area contributed by atoms with E-state index < -0.39 is 21.6 Å². The normalized spacial score (nSPS) is 20.5. The van der Waals surface area contributed by atoms with Crippen LogP contribution in [-0.2, 0) is 24.3 Å². The van der Waals surface area contributed by atoms with Crippen LogP contribution in [0.25, 0.3) is 0 Å². The van der Waals surface area contributed by atoms with E-state index in [-0.39, 0.29) is 23.6 Å². The highest BCUT2D eigenvalue weighted by atomic mass is 79.9. The number of nitrogens with zero attached hydrogens (tertiary/aromatic N) is 2. The highest BCUT2D eigenvalue weighted by Crippen LogP contribution is 2.43. The monoisotopic (exact) mass is 550 g/mol. The molecule has 4 rings (SSSR count). The molecule has 7 nitrogen and oxygen atoms in total. The molecule has 1 saturated heterocycles. The number of ether oxygens (including phenoxy) is 2. The standard InChI is InChI=1S/C25H31BrN2O5S/c1-17-6-5-7-21(12-17)34(30,31)28-15-19-14-20(32-16-24(29)33-25(2,3)4)10-11-27(19)22-9-8-18(26)13-23(22)28/h5-9,12-13,19-20H,10-11,14-16H2,1-4H3/t19-,20?/m0/s1. The van der Waals surface area contributed by atoms with Gasteiger partial charge in [-0.05, 0) is 76.4 Å². The summed E-state index contributed by atoms with van der Waals surface area (Å²) in [6.45, 7) is 8.28. The summed E-state index contributed by atoms with van der Waals surface area (Å²) in [6, 6.07) is 12.7. The van der Waals surface area contributed by atoms with Crippen molar-refractivity contribution < 1.29 is 22.7 Å². The number of hydrogen-bond donors (Lipinski definition) is 0. The zero-order chi connectivity index (χ0) is 24.7. The molecule has 2 aliphatic rings. The second kappa shape index (κ2) is 9.51. The quantitative estimate of drug-likeness (QED) is 0.504. The number of esters is 1. The zero-order valence-corrected chi connectivity index (χ0v) is 22.4. The molecule has 0 aliphatic carbocycles. The van der Waals surface area contributed by atoms with Gasteiger partial charge in [-0.2, -0.15) is 0 Å². The average Bonchev–Trinajstić information content (AvgIpc) is 2.75. The molecule has 0 bridgehead atoms. The van der Waals surface area contributed by atoms with Gasteiger partial charge < -0.3 is 14.4 Å². The third kappa shape index (κ3) is 5.42. The molecular weight excluding hydrogens is 520 g/mol. The Kier molecular flexibility index (Phi) is 6.99. The summed E-state index contributed by atoms with van der Waals surface area (Å²) in [5.41, 5.74) is 1.89. The first-order chi connectivity index (χ1) is 15.9. The van der Waals surface area contributed by atoms with Crippen molar-refractivity contribution in [3.05, 3.63) is 52.5 Å². The third-order valence-corrected chi connectivity index (χ3v) is 8.26. The fraction of sp³-hybridized carbons (Fsp3) is 0.480. The Morgan fingerprint density at radius 3 is 2.62 bits per heavy atom. The SMILES string of the molecule is Cc1cccc(S(=O)(=O)N2C[C@@H]3CC(OCC(=O)OC(C)(C)C)CCN3c3ccc(Br)cc32)c1. The van der Waals surface area contributed by atoms with Crippen molar-refractivity contribution in [2.45, 2.75) is 63.2 Å². The summed E-state index contributed by atoms with van der Waals surface area (Å²) in [6.07, 6.45) is 1.23. The molecule has 2 aromatic rings. The van der Waals surface area contributed by atoms with E-state index in [1.165, 1.54) is 4.31 Å². The number of anilines is 2. The first kappa shape index (κ1) is 25.0. The number of piperidine rings is 1. The fourth-order valence-corrected chi connectivity index (χ4v) is 6.53. The summed E-state index contributed by atoms with van der Waals surface area (Å²) in [4.78, 5) is 14.6. The number of sulfonamides is 1. The van der Waals surface area contributed by atoms with Crippen molar-refractivity contribution in [3.63, 3.8) is 0 Å². The predicted octanol–water partition coefficient (Wildman–Crippen LogP) is 4.66. The highest BCUT2D eigenvalue weighted by molar-refractivity contribution is 9.10. The van der Waals surface area contributed by atoms with E-state index in [0.29, 0.717) is 18.7 Å². The van der Waals surface area contributed by atoms with Gasteiger partial charge in [-0.3, -0.25) is 4.31 Å². The van der Waals surface area contributed by atoms with Crippen LogP contribution in [-0.4, -0.2) is 51.8 Å². The van der Waals surface area contributed by atoms with Gasteiger partial charge in [-0.15, -0.1) is 0 Å². The molecule has 0 amide bonds. The van der Waals surface area contributed by atoms with Gasteiger partial charge >= 0.3 is 5.97 Å². The maximum Gasteiger partial charge on any atom is 0.332 e. The molecule has 1 unspecified atom stereocenters. The second-order valence-corrected chi connectivity index (χ2v) is 12.7. The van der Waals surface area contributed by atoms with Crippen molar-refractivity contribution in [1.29, 1.82) is 0 Å². The lowest BCUT2D eigenvalue weighted by Crippen LogP contribution is -2.55. The number of carbonyl (C=O) groups is 1. The van der Waals surface area contributed by atoms with Crippen molar-refractivity contribution in [2.24, 2.45) is 0 Å². The fourth-order valence-electron chi connectivity index (χ4n) is 4.57. The van der Waals surface area contributed by atoms with Gasteiger partial charge in [0.25, 0.3) is 10.0 Å². The van der Waals surface area contributed by atoms with Gasteiger partial charge in [0.05, 0.1) is 35.0 Å². The van der Waals surface area contributed by atoms with E-state index in [1.54, 1.807) is 18.2 Å². The maximum absolute atomic E-state index is 13.7. The smallest absolute Gasteiger partial charge is 0.332 e. The van der Waals surface area contributed by atoms with Crippen molar-refractivity contribution in [2.75, 3.05) is 28.9 Å². The molecule has 2 heterocycles. The van der Waals surface area contributed by atoms with Crippen LogP contribution in [0.3, 0.4) is 0 Å². The van der Waals surface area contributed by atoms with Crippen LogP contribution < -0.4 is 9.21 Å². The first-order valence-corrected chi connectivity index (χ1v) is 13.7. The van der Waals surface area contributed by atoms with E-state index in [4.69, 9.17) is 9.47 Å². The average molecular weight is 552 g/mol. The van der Waals surface area contributed by atoms with Gasteiger partial charge in [0.15, 0.2) is 0 Å². The van der Waals surface area contributed by atoms with E-state index >= 15 is 0 Å². The minimum atomic E-state index is -3.76. The molecule has 2 aromatic carbocycles. The Morgan fingerprint density at radius 1 is 1.15 bits per heavy atom. The summed E-state index contributed by atoms with van der Waals surface area (Å²) in [5.74, 6) is -0.391. The molecule has 9 heteroatoms. The summed E-state index contributed by atoms with van der Waals surface area (Å²) >= 11 is 3.50. The minimum Gasteiger partial charge on any atom is -0.458 e. The maximum atomic E-state index is 13.7. The van der Waals surface area contributed by atoms with Gasteiger partial charge in [0.1, 0.15) is 12.2 Å². The Morgan fingerprint density at radius 2 is 1.91 bits per heavy atom. The molecule has 2 aliphatic heterocycles. The lowest BCUT2D eigenvalue weighted by atomic mass is 9.96. The summed E-state index contributed by atoms with van der Waals surface area (Å²) < 4.78 is 41.0. The van der Waals surface area contributed by atoms with Crippen molar-refractivity contribution >= 4 is 43.3 Å². The van der Waals surface area contributed by atoms with Gasteiger partial charge in [0.2, 0.25) is 0 Å². The topological polar surface area (TPSA) is 76.1 Å². The third-order valence-electron chi connectivity index (χ3n) is 5.99. The number of carbonyl (C=O) groups excluding carboxylic acids is 1. The Bertz CT molecular complexity index is 1180.